The van der Waals surface area contributed by atoms with Crippen molar-refractivity contribution in [2.24, 2.45) is 11.8 Å². The highest BCUT2D eigenvalue weighted by molar-refractivity contribution is 6.01. The highest BCUT2D eigenvalue weighted by atomic mass is 16.1. The van der Waals surface area contributed by atoms with Crippen LogP contribution >= 0.6 is 0 Å². The number of hydrogen-bond acceptors (Lipinski definition) is 2. The van der Waals surface area contributed by atoms with E-state index in [9.17, 15) is 9.59 Å². The molecule has 0 heterocycles. The van der Waals surface area contributed by atoms with Crippen LogP contribution < -0.4 is 0 Å². The zero-order chi connectivity index (χ0) is 21.3. The van der Waals surface area contributed by atoms with E-state index in [4.69, 9.17) is 0 Å². The highest BCUT2D eigenvalue weighted by Gasteiger charge is 2.24. The van der Waals surface area contributed by atoms with Gasteiger partial charge in [0.1, 0.15) is 0 Å². The molecule has 0 radical (unpaired) electrons. The molecular formula is C28H38O2. The molecule has 0 saturated carbocycles. The maximum absolute atomic E-state index is 12.5. The lowest BCUT2D eigenvalue weighted by molar-refractivity contribution is -0.119. The summed E-state index contributed by atoms with van der Waals surface area (Å²) in [7, 11) is 0. The lowest BCUT2D eigenvalue weighted by atomic mass is 9.81. The third-order valence-corrected chi connectivity index (χ3v) is 6.90. The molecule has 2 heteroatoms. The van der Waals surface area contributed by atoms with Gasteiger partial charge in [0, 0.05) is 11.8 Å². The van der Waals surface area contributed by atoms with Crippen molar-refractivity contribution in [1.29, 1.82) is 0 Å². The van der Waals surface area contributed by atoms with Gasteiger partial charge >= 0.3 is 0 Å². The predicted octanol–water partition coefficient (Wildman–Crippen LogP) is 7.57. The lowest BCUT2D eigenvalue weighted by Gasteiger charge is -2.22. The standard InChI is InChI=1S/C28H38O2/c1-3-5-7-9-23-15-17-25(19-27(23)29)21-11-13-22(14-12-21)26-18-16-24(28(30)20-26)10-8-6-4-2/h11-14,19-20,23-24H,3-10,15-18H2,1-2H3. The lowest BCUT2D eigenvalue weighted by Crippen LogP contribution is -2.17. The van der Waals surface area contributed by atoms with E-state index in [0.29, 0.717) is 11.6 Å². The van der Waals surface area contributed by atoms with Crippen LogP contribution in [0.1, 0.15) is 102 Å². The first-order valence-electron chi connectivity index (χ1n) is 12.2. The number of carbonyl (C=O) groups is 2. The van der Waals surface area contributed by atoms with Crippen LogP contribution in [0.15, 0.2) is 36.4 Å². The average Bonchev–Trinajstić information content (AvgIpc) is 2.76. The molecule has 2 atom stereocenters. The molecule has 0 bridgehead atoms. The fourth-order valence-electron chi connectivity index (χ4n) is 4.88. The first kappa shape index (κ1) is 22.7. The van der Waals surface area contributed by atoms with Gasteiger partial charge in [0.05, 0.1) is 0 Å². The summed E-state index contributed by atoms with van der Waals surface area (Å²) in [4.78, 5) is 25.0. The Kier molecular flexibility index (Phi) is 8.66. The number of allylic oxidation sites excluding steroid dienone is 4. The zero-order valence-corrected chi connectivity index (χ0v) is 18.9. The Morgan fingerprint density at radius 1 is 0.667 bits per heavy atom. The molecule has 162 valence electrons. The van der Waals surface area contributed by atoms with Crippen LogP contribution in [0.2, 0.25) is 0 Å². The molecule has 0 saturated heterocycles. The van der Waals surface area contributed by atoms with E-state index in [1.807, 2.05) is 12.2 Å². The summed E-state index contributed by atoms with van der Waals surface area (Å²) >= 11 is 0. The Morgan fingerprint density at radius 2 is 1.07 bits per heavy atom. The molecule has 0 amide bonds. The molecule has 2 nitrogen and oxygen atoms in total. The second kappa shape index (κ2) is 11.4. The molecule has 3 rings (SSSR count). The molecule has 2 aliphatic carbocycles. The minimum absolute atomic E-state index is 0.225. The third kappa shape index (κ3) is 6.03. The van der Waals surface area contributed by atoms with Gasteiger partial charge in [-0.2, -0.15) is 0 Å². The number of rotatable bonds is 10. The molecule has 0 aliphatic heterocycles. The van der Waals surface area contributed by atoms with Crippen LogP contribution in [0.3, 0.4) is 0 Å². The molecule has 0 spiro atoms. The Labute approximate surface area is 182 Å². The van der Waals surface area contributed by atoms with Crippen molar-refractivity contribution in [2.45, 2.75) is 90.9 Å². The van der Waals surface area contributed by atoms with Crippen LogP contribution in [-0.2, 0) is 9.59 Å². The number of ketones is 2. The molecular weight excluding hydrogens is 368 g/mol. The van der Waals surface area contributed by atoms with Gasteiger partial charge in [-0.3, -0.25) is 9.59 Å². The molecule has 0 N–H and O–H groups in total. The molecule has 2 aliphatic rings. The van der Waals surface area contributed by atoms with Crippen molar-refractivity contribution in [3.05, 3.63) is 47.5 Å². The number of benzene rings is 1. The topological polar surface area (TPSA) is 34.1 Å². The average molecular weight is 407 g/mol. The second-order valence-electron chi connectivity index (χ2n) is 9.18. The van der Waals surface area contributed by atoms with E-state index in [0.717, 1.165) is 62.5 Å². The van der Waals surface area contributed by atoms with Crippen molar-refractivity contribution in [2.75, 3.05) is 0 Å². The van der Waals surface area contributed by atoms with Gasteiger partial charge in [-0.05, 0) is 73.0 Å². The summed E-state index contributed by atoms with van der Waals surface area (Å²) in [5.74, 6) is 1.07. The first-order chi connectivity index (χ1) is 14.6. The summed E-state index contributed by atoms with van der Waals surface area (Å²) in [6.45, 7) is 4.41. The van der Waals surface area contributed by atoms with Gasteiger partial charge in [-0.15, -0.1) is 0 Å². The number of hydrogen-bond donors (Lipinski definition) is 0. The maximum atomic E-state index is 12.5. The predicted molar refractivity (Wildman–Crippen MR) is 126 cm³/mol. The summed E-state index contributed by atoms with van der Waals surface area (Å²) in [5.41, 5.74) is 4.64. The fraction of sp³-hybridized carbons (Fsp3) is 0.571. The van der Waals surface area contributed by atoms with Gasteiger partial charge in [0.15, 0.2) is 11.6 Å². The van der Waals surface area contributed by atoms with E-state index >= 15 is 0 Å². The maximum Gasteiger partial charge on any atom is 0.159 e. The summed E-state index contributed by atoms with van der Waals surface area (Å²) in [6.07, 6.45) is 17.0. The van der Waals surface area contributed by atoms with Gasteiger partial charge in [0.25, 0.3) is 0 Å². The Morgan fingerprint density at radius 3 is 1.40 bits per heavy atom. The van der Waals surface area contributed by atoms with Crippen molar-refractivity contribution in [1.82, 2.24) is 0 Å². The largest absolute Gasteiger partial charge is 0.295 e. The Hall–Kier alpha value is -1.96. The quantitative estimate of drug-likeness (QED) is 0.375. The monoisotopic (exact) mass is 406 g/mol. The number of carbonyl (C=O) groups excluding carboxylic acids is 2. The highest BCUT2D eigenvalue weighted by Crippen LogP contribution is 2.34. The first-order valence-corrected chi connectivity index (χ1v) is 12.2. The number of unbranched alkanes of at least 4 members (excludes halogenated alkanes) is 4. The van der Waals surface area contributed by atoms with Crippen molar-refractivity contribution in [3.8, 4) is 0 Å². The summed E-state index contributed by atoms with van der Waals surface area (Å²) in [6, 6.07) is 8.52. The molecule has 1 aromatic rings. The van der Waals surface area contributed by atoms with E-state index in [2.05, 4.69) is 38.1 Å². The fourth-order valence-corrected chi connectivity index (χ4v) is 4.88. The molecule has 1 aromatic carbocycles. The van der Waals surface area contributed by atoms with E-state index in [-0.39, 0.29) is 11.8 Å². The van der Waals surface area contributed by atoms with Gasteiger partial charge in [0.2, 0.25) is 0 Å². The van der Waals surface area contributed by atoms with Crippen LogP contribution in [0.5, 0.6) is 0 Å². The van der Waals surface area contributed by atoms with E-state index in [1.165, 1.54) is 36.8 Å². The molecule has 2 unspecified atom stereocenters. The minimum atomic E-state index is 0.225. The third-order valence-electron chi connectivity index (χ3n) is 6.90. The Balaban J connectivity index is 1.60. The molecule has 30 heavy (non-hydrogen) atoms. The van der Waals surface area contributed by atoms with Crippen LogP contribution in [0, 0.1) is 11.8 Å². The molecule has 0 aromatic heterocycles. The normalized spacial score (nSPS) is 22.1. The summed E-state index contributed by atoms with van der Waals surface area (Å²) in [5, 5.41) is 0. The van der Waals surface area contributed by atoms with Gasteiger partial charge in [-0.25, -0.2) is 0 Å². The van der Waals surface area contributed by atoms with Crippen molar-refractivity contribution < 1.29 is 9.59 Å². The SMILES string of the molecule is CCCCCC1CCC(c2ccc(C3=CC(=O)C(CCCCC)CC3)cc2)=CC1=O. The summed E-state index contributed by atoms with van der Waals surface area (Å²) < 4.78 is 0. The minimum Gasteiger partial charge on any atom is -0.295 e. The second-order valence-corrected chi connectivity index (χ2v) is 9.18. The van der Waals surface area contributed by atoms with Crippen LogP contribution in [0.4, 0.5) is 0 Å². The van der Waals surface area contributed by atoms with E-state index in [1.54, 1.807) is 0 Å². The van der Waals surface area contributed by atoms with Gasteiger partial charge in [-0.1, -0.05) is 76.6 Å². The van der Waals surface area contributed by atoms with Crippen molar-refractivity contribution >= 4 is 22.7 Å². The van der Waals surface area contributed by atoms with Gasteiger partial charge < -0.3 is 0 Å². The van der Waals surface area contributed by atoms with E-state index < -0.39 is 0 Å². The van der Waals surface area contributed by atoms with Crippen molar-refractivity contribution in [3.63, 3.8) is 0 Å². The molecule has 0 fully saturated rings. The Bertz CT molecular complexity index is 714. The van der Waals surface area contributed by atoms with Crippen LogP contribution in [-0.4, -0.2) is 11.6 Å². The van der Waals surface area contributed by atoms with Crippen LogP contribution in [0.25, 0.3) is 11.1 Å². The zero-order valence-electron chi connectivity index (χ0n) is 18.9. The smallest absolute Gasteiger partial charge is 0.159 e.